The van der Waals surface area contributed by atoms with E-state index in [4.69, 9.17) is 19.7 Å². The zero-order valence-electron chi connectivity index (χ0n) is 12.2. The lowest BCUT2D eigenvalue weighted by Crippen LogP contribution is -2.59. The molecular formula is C12H24O11. The van der Waals surface area contributed by atoms with Crippen LogP contribution in [-0.4, -0.2) is 121 Å². The zero-order valence-corrected chi connectivity index (χ0v) is 12.2. The second-order valence-electron chi connectivity index (χ2n) is 5.33. The lowest BCUT2D eigenvalue weighted by molar-refractivity contribution is -0.306. The smallest absolute Gasteiger partial charge is 0.186 e. The van der Waals surface area contributed by atoms with E-state index < -0.39 is 74.9 Å². The van der Waals surface area contributed by atoms with Gasteiger partial charge in [-0.2, -0.15) is 0 Å². The van der Waals surface area contributed by atoms with E-state index in [0.29, 0.717) is 0 Å². The van der Waals surface area contributed by atoms with Crippen molar-refractivity contribution >= 4 is 0 Å². The average molecular weight is 344 g/mol. The number of aliphatic hydroxyl groups excluding tert-OH is 9. The van der Waals surface area contributed by atoms with Crippen LogP contribution in [0.25, 0.3) is 0 Å². The summed E-state index contributed by atoms with van der Waals surface area (Å²) < 4.78 is 9.99. The summed E-state index contributed by atoms with van der Waals surface area (Å²) in [5, 5.41) is 84.4. The van der Waals surface area contributed by atoms with Crippen molar-refractivity contribution in [2.45, 2.75) is 55.1 Å². The second kappa shape index (κ2) is 9.15. The van der Waals surface area contributed by atoms with Crippen LogP contribution in [0.2, 0.25) is 0 Å². The summed E-state index contributed by atoms with van der Waals surface area (Å²) in [6.07, 6.45) is -14.7. The van der Waals surface area contributed by atoms with E-state index in [2.05, 4.69) is 0 Å². The highest BCUT2D eigenvalue weighted by atomic mass is 16.7. The lowest BCUT2D eigenvalue weighted by Gasteiger charge is -2.40. The molecule has 2 unspecified atom stereocenters. The minimum Gasteiger partial charge on any atom is -0.394 e. The van der Waals surface area contributed by atoms with Gasteiger partial charge in [0.25, 0.3) is 0 Å². The number of aliphatic hydroxyl groups is 9. The van der Waals surface area contributed by atoms with Crippen LogP contribution in [0.15, 0.2) is 0 Å². The topological polar surface area (TPSA) is 201 Å². The molecule has 1 aliphatic rings. The molecule has 0 aromatic rings. The number of hydrogen-bond acceptors (Lipinski definition) is 11. The highest BCUT2D eigenvalue weighted by Gasteiger charge is 2.44. The predicted molar refractivity (Wildman–Crippen MR) is 70.8 cm³/mol. The fraction of sp³-hybridized carbons (Fsp3) is 1.00. The van der Waals surface area contributed by atoms with Crippen molar-refractivity contribution in [3.05, 3.63) is 0 Å². The Bertz CT molecular complexity index is 341. The Hall–Kier alpha value is -0.440. The van der Waals surface area contributed by atoms with E-state index in [-0.39, 0.29) is 0 Å². The van der Waals surface area contributed by atoms with Gasteiger partial charge in [-0.15, -0.1) is 0 Å². The first kappa shape index (κ1) is 20.6. The standard InChI is InChI=1S/C12H24O11/c13-1-4(15)7(17)8(18)5(16)3-22-12-11(21)10(20)9(19)6(2-14)23-12/h4-21H,1-3H2/t4-,5+,6?,7+,8+,9+,10-,11?,12-/m0/s1. The molecule has 1 heterocycles. The minimum atomic E-state index is -1.86. The molecule has 0 bridgehead atoms. The Labute approximate surface area is 131 Å². The number of ether oxygens (including phenoxy) is 2. The third-order valence-corrected chi connectivity index (χ3v) is 3.61. The van der Waals surface area contributed by atoms with Crippen molar-refractivity contribution in [2.75, 3.05) is 19.8 Å². The van der Waals surface area contributed by atoms with E-state index in [0.717, 1.165) is 0 Å². The summed E-state index contributed by atoms with van der Waals surface area (Å²) in [5.41, 5.74) is 0. The van der Waals surface area contributed by atoms with Gasteiger partial charge in [-0.3, -0.25) is 0 Å². The average Bonchev–Trinajstić information content (AvgIpc) is 2.56. The predicted octanol–water partition coefficient (Wildman–Crippen LogP) is -5.76. The van der Waals surface area contributed by atoms with Crippen molar-refractivity contribution in [2.24, 2.45) is 0 Å². The van der Waals surface area contributed by atoms with E-state index in [1.807, 2.05) is 0 Å². The Kier molecular flexibility index (Phi) is 8.20. The maximum atomic E-state index is 9.70. The van der Waals surface area contributed by atoms with Crippen LogP contribution in [0.3, 0.4) is 0 Å². The van der Waals surface area contributed by atoms with Crippen molar-refractivity contribution in [3.63, 3.8) is 0 Å². The summed E-state index contributed by atoms with van der Waals surface area (Å²) in [5.74, 6) is 0. The van der Waals surface area contributed by atoms with Crippen LogP contribution in [0, 0.1) is 0 Å². The molecule has 1 aliphatic heterocycles. The molecule has 11 nitrogen and oxygen atoms in total. The minimum absolute atomic E-state index is 0.655. The van der Waals surface area contributed by atoms with E-state index in [1.54, 1.807) is 0 Å². The molecule has 9 atom stereocenters. The fourth-order valence-corrected chi connectivity index (χ4v) is 2.06. The van der Waals surface area contributed by atoms with E-state index in [9.17, 15) is 35.7 Å². The summed E-state index contributed by atoms with van der Waals surface area (Å²) in [4.78, 5) is 0. The van der Waals surface area contributed by atoms with Gasteiger partial charge in [-0.05, 0) is 0 Å². The molecule has 0 saturated carbocycles. The summed E-state index contributed by atoms with van der Waals surface area (Å²) in [6, 6.07) is 0. The molecule has 0 aromatic heterocycles. The largest absolute Gasteiger partial charge is 0.394 e. The highest BCUT2D eigenvalue weighted by Crippen LogP contribution is 2.22. The number of hydrogen-bond donors (Lipinski definition) is 9. The fourth-order valence-electron chi connectivity index (χ4n) is 2.06. The number of rotatable bonds is 8. The van der Waals surface area contributed by atoms with Crippen molar-refractivity contribution in [1.29, 1.82) is 0 Å². The highest BCUT2D eigenvalue weighted by molar-refractivity contribution is 4.89. The first-order valence-electron chi connectivity index (χ1n) is 6.99. The van der Waals surface area contributed by atoms with Crippen molar-refractivity contribution < 1.29 is 55.4 Å². The molecule has 138 valence electrons. The summed E-state index contributed by atoms with van der Waals surface area (Å²) in [6.45, 7) is -2.16. The molecule has 0 amide bonds. The van der Waals surface area contributed by atoms with Gasteiger partial charge in [0.05, 0.1) is 19.8 Å². The summed E-state index contributed by atoms with van der Waals surface area (Å²) in [7, 11) is 0. The molecule has 0 radical (unpaired) electrons. The SMILES string of the molecule is OCC1O[C@H](OC[C@@H](O)[C@@H](O)[C@H](O)[C@@H](O)CO)C(O)[C@@H](O)[C@@H]1O. The molecule has 0 aliphatic carbocycles. The quantitative estimate of drug-likeness (QED) is 0.203. The maximum Gasteiger partial charge on any atom is 0.186 e. The Morgan fingerprint density at radius 3 is 1.91 bits per heavy atom. The first-order valence-corrected chi connectivity index (χ1v) is 6.99. The normalized spacial score (nSPS) is 37.2. The van der Waals surface area contributed by atoms with Crippen LogP contribution in [-0.2, 0) is 9.47 Å². The lowest BCUT2D eigenvalue weighted by atomic mass is 9.99. The van der Waals surface area contributed by atoms with Crippen molar-refractivity contribution in [1.82, 2.24) is 0 Å². The van der Waals surface area contributed by atoms with Gasteiger partial charge >= 0.3 is 0 Å². The molecule has 1 rings (SSSR count). The van der Waals surface area contributed by atoms with Gasteiger partial charge in [0, 0.05) is 0 Å². The Morgan fingerprint density at radius 1 is 0.826 bits per heavy atom. The van der Waals surface area contributed by atoms with Gasteiger partial charge in [-0.25, -0.2) is 0 Å². The zero-order chi connectivity index (χ0) is 17.7. The Balaban J connectivity index is 2.55. The van der Waals surface area contributed by atoms with Crippen LogP contribution in [0.1, 0.15) is 0 Å². The van der Waals surface area contributed by atoms with Crippen LogP contribution >= 0.6 is 0 Å². The van der Waals surface area contributed by atoms with Crippen LogP contribution < -0.4 is 0 Å². The molecular weight excluding hydrogens is 320 g/mol. The van der Waals surface area contributed by atoms with Gasteiger partial charge in [0.1, 0.15) is 48.8 Å². The first-order chi connectivity index (χ1) is 10.7. The maximum absolute atomic E-state index is 9.70. The van der Waals surface area contributed by atoms with E-state index >= 15 is 0 Å². The van der Waals surface area contributed by atoms with Gasteiger partial charge in [0.2, 0.25) is 0 Å². The molecule has 1 fully saturated rings. The van der Waals surface area contributed by atoms with Crippen LogP contribution in [0.5, 0.6) is 0 Å². The van der Waals surface area contributed by atoms with Gasteiger partial charge in [-0.1, -0.05) is 0 Å². The molecule has 0 aromatic carbocycles. The molecule has 1 saturated heterocycles. The monoisotopic (exact) mass is 344 g/mol. The second-order valence-corrected chi connectivity index (χ2v) is 5.33. The molecule has 0 spiro atoms. The van der Waals surface area contributed by atoms with Crippen LogP contribution in [0.4, 0.5) is 0 Å². The van der Waals surface area contributed by atoms with Gasteiger partial charge < -0.3 is 55.4 Å². The molecule has 9 N–H and O–H groups in total. The molecule has 11 heteroatoms. The van der Waals surface area contributed by atoms with E-state index in [1.165, 1.54) is 0 Å². The third kappa shape index (κ3) is 5.01. The summed E-state index contributed by atoms with van der Waals surface area (Å²) >= 11 is 0. The Morgan fingerprint density at radius 2 is 1.39 bits per heavy atom. The molecule has 23 heavy (non-hydrogen) atoms. The van der Waals surface area contributed by atoms with Crippen molar-refractivity contribution in [3.8, 4) is 0 Å². The van der Waals surface area contributed by atoms with Gasteiger partial charge in [0.15, 0.2) is 6.29 Å². The third-order valence-electron chi connectivity index (χ3n) is 3.61.